The van der Waals surface area contributed by atoms with Crippen molar-refractivity contribution in [1.29, 1.82) is 0 Å². The number of aromatic nitrogens is 5. The van der Waals surface area contributed by atoms with Gasteiger partial charge in [0.15, 0.2) is 0 Å². The summed E-state index contributed by atoms with van der Waals surface area (Å²) in [6.45, 7) is 15.7. The molecule has 0 spiro atoms. The first-order valence-electron chi connectivity index (χ1n) is 19.6. The first kappa shape index (κ1) is 40.6. The lowest BCUT2D eigenvalue weighted by Gasteiger charge is -2.28. The zero-order valence-corrected chi connectivity index (χ0v) is 33.5. The minimum atomic E-state index is -0.267. The van der Waals surface area contributed by atoms with Crippen molar-refractivity contribution >= 4 is 46.5 Å². The van der Waals surface area contributed by atoms with Gasteiger partial charge in [0, 0.05) is 74.2 Å². The highest BCUT2D eigenvalue weighted by molar-refractivity contribution is 6.30. The lowest BCUT2D eigenvalue weighted by molar-refractivity contribution is 0.122. The number of anilines is 6. The number of para-hydroxylation sites is 1. The SMILES string of the molecule is CC.CC.Clc1nc(N2CCOCC2)nc2c1CCN2c1ccccc1.Fc1cccc(N2CCc3c(OCc4cccnc4)nc(N4CCOCC4)nc32)c1. The van der Waals surface area contributed by atoms with Crippen LogP contribution in [0, 0.1) is 5.82 Å². The van der Waals surface area contributed by atoms with E-state index in [0.29, 0.717) is 62.5 Å². The molecule has 4 aliphatic rings. The summed E-state index contributed by atoms with van der Waals surface area (Å²) in [7, 11) is 0. The summed E-state index contributed by atoms with van der Waals surface area (Å²) < 4.78 is 30.8. The third kappa shape index (κ3) is 9.63. The van der Waals surface area contributed by atoms with E-state index in [1.165, 1.54) is 12.1 Å². The number of benzene rings is 2. The highest BCUT2D eigenvalue weighted by Gasteiger charge is 2.30. The zero-order chi connectivity index (χ0) is 39.3. The summed E-state index contributed by atoms with van der Waals surface area (Å²) in [6.07, 6.45) is 5.13. The summed E-state index contributed by atoms with van der Waals surface area (Å²) in [6, 6.07) is 20.7. The monoisotopic (exact) mass is 783 g/mol. The summed E-state index contributed by atoms with van der Waals surface area (Å²) in [4.78, 5) is 31.5. The van der Waals surface area contributed by atoms with Gasteiger partial charge < -0.3 is 33.8 Å². The molecule has 2 fully saturated rings. The Kier molecular flexibility index (Phi) is 14.6. The van der Waals surface area contributed by atoms with Crippen LogP contribution in [0.15, 0.2) is 79.1 Å². The number of pyridine rings is 1. The molecule has 0 atom stereocenters. The van der Waals surface area contributed by atoms with Crippen LogP contribution >= 0.6 is 11.6 Å². The predicted molar refractivity (Wildman–Crippen MR) is 221 cm³/mol. The van der Waals surface area contributed by atoms with Gasteiger partial charge in [0.1, 0.15) is 29.2 Å². The van der Waals surface area contributed by atoms with Crippen LogP contribution in [0.3, 0.4) is 0 Å². The molecule has 12 nitrogen and oxygen atoms in total. The van der Waals surface area contributed by atoms with Crippen molar-refractivity contribution in [2.75, 3.05) is 85.3 Å². The van der Waals surface area contributed by atoms with Gasteiger partial charge in [-0.3, -0.25) is 4.98 Å². The summed E-state index contributed by atoms with van der Waals surface area (Å²) in [5, 5.41) is 0.574. The van der Waals surface area contributed by atoms with E-state index >= 15 is 0 Å². The van der Waals surface area contributed by atoms with Crippen LogP contribution in [0.4, 0.5) is 39.3 Å². The molecule has 3 aromatic heterocycles. The van der Waals surface area contributed by atoms with E-state index in [9.17, 15) is 4.39 Å². The molecule has 14 heteroatoms. The molecular formula is C42H51ClFN9O3. The average molecular weight is 784 g/mol. The van der Waals surface area contributed by atoms with Gasteiger partial charge in [-0.05, 0) is 49.2 Å². The Hall–Kier alpha value is -5.11. The van der Waals surface area contributed by atoms with E-state index in [0.717, 1.165) is 85.3 Å². The van der Waals surface area contributed by atoms with Crippen molar-refractivity contribution in [3.8, 4) is 5.88 Å². The normalized spacial score (nSPS) is 15.7. The van der Waals surface area contributed by atoms with E-state index in [4.69, 9.17) is 40.8 Å². The minimum absolute atomic E-state index is 0.267. The Morgan fingerprint density at radius 2 is 1.25 bits per heavy atom. The van der Waals surface area contributed by atoms with Crippen LogP contribution < -0.4 is 24.3 Å². The maximum absolute atomic E-state index is 13.8. The van der Waals surface area contributed by atoms with Crippen molar-refractivity contribution in [3.63, 3.8) is 0 Å². The number of hydrogen-bond acceptors (Lipinski definition) is 12. The molecular weight excluding hydrogens is 733 g/mol. The molecule has 0 radical (unpaired) electrons. The molecule has 5 aromatic rings. The van der Waals surface area contributed by atoms with Crippen molar-refractivity contribution in [2.45, 2.75) is 47.1 Å². The standard InChI is InChI=1S/C22H22FN5O2.C16H17ClN4O.2C2H6/c23-17-4-1-5-18(13-17)28-8-6-19-20(28)25-22(27-9-11-29-12-10-27)26-21(19)30-15-16-3-2-7-24-14-16;17-14-13-6-7-21(12-4-2-1-3-5-12)15(13)19-16(18-14)20-8-10-22-11-9-20;2*1-2/h1-5,7,13-14H,6,8-12,15H2;1-5H,6-11H2;2*1-2H3. The van der Waals surface area contributed by atoms with Crippen LogP contribution in [0.5, 0.6) is 5.88 Å². The highest BCUT2D eigenvalue weighted by atomic mass is 35.5. The van der Waals surface area contributed by atoms with Gasteiger partial charge in [0.05, 0.1) is 32.0 Å². The molecule has 2 aromatic carbocycles. The van der Waals surface area contributed by atoms with Crippen LogP contribution in [-0.2, 0) is 28.9 Å². The van der Waals surface area contributed by atoms with Crippen LogP contribution in [0.25, 0.3) is 0 Å². The van der Waals surface area contributed by atoms with E-state index in [-0.39, 0.29) is 5.82 Å². The highest BCUT2D eigenvalue weighted by Crippen LogP contribution is 2.40. The number of ether oxygens (including phenoxy) is 3. The first-order valence-corrected chi connectivity index (χ1v) is 20.0. The molecule has 9 rings (SSSR count). The quantitative estimate of drug-likeness (QED) is 0.150. The van der Waals surface area contributed by atoms with Crippen molar-refractivity contribution < 1.29 is 18.6 Å². The summed E-state index contributed by atoms with van der Waals surface area (Å²) in [5.74, 6) is 3.34. The second-order valence-corrected chi connectivity index (χ2v) is 13.1. The minimum Gasteiger partial charge on any atom is -0.472 e. The summed E-state index contributed by atoms with van der Waals surface area (Å²) >= 11 is 6.41. The molecule has 0 saturated carbocycles. The molecule has 296 valence electrons. The Morgan fingerprint density at radius 3 is 1.88 bits per heavy atom. The van der Waals surface area contributed by atoms with Crippen molar-refractivity contribution in [1.82, 2.24) is 24.9 Å². The molecule has 4 aliphatic heterocycles. The fourth-order valence-corrected chi connectivity index (χ4v) is 6.99. The fraction of sp³-hybridized carbons (Fsp3) is 0.405. The van der Waals surface area contributed by atoms with E-state index in [2.05, 4.69) is 36.8 Å². The Bertz CT molecular complexity index is 1980. The molecule has 0 bridgehead atoms. The van der Waals surface area contributed by atoms with Gasteiger partial charge in [0.25, 0.3) is 0 Å². The number of morpholine rings is 2. The van der Waals surface area contributed by atoms with Gasteiger partial charge in [-0.25, -0.2) is 9.37 Å². The van der Waals surface area contributed by atoms with Gasteiger partial charge in [0.2, 0.25) is 17.8 Å². The maximum Gasteiger partial charge on any atom is 0.230 e. The topological polar surface area (TPSA) is 105 Å². The van der Waals surface area contributed by atoms with E-state index in [1.807, 2.05) is 69.0 Å². The first-order chi connectivity index (χ1) is 27.6. The number of halogens is 2. The molecule has 56 heavy (non-hydrogen) atoms. The van der Waals surface area contributed by atoms with Crippen molar-refractivity contribution in [3.05, 3.63) is 107 Å². The number of nitrogens with zero attached hydrogens (tertiary/aromatic N) is 9. The van der Waals surface area contributed by atoms with Gasteiger partial charge in [-0.2, -0.15) is 15.0 Å². The largest absolute Gasteiger partial charge is 0.472 e. The van der Waals surface area contributed by atoms with Gasteiger partial charge in [-0.1, -0.05) is 69.6 Å². The van der Waals surface area contributed by atoms with Crippen LogP contribution in [0.1, 0.15) is 44.4 Å². The molecule has 0 N–H and O–H groups in total. The molecule has 0 aliphatic carbocycles. The average Bonchev–Trinajstić information content (AvgIpc) is 3.91. The van der Waals surface area contributed by atoms with E-state index < -0.39 is 0 Å². The Morgan fingerprint density at radius 1 is 0.661 bits per heavy atom. The lowest BCUT2D eigenvalue weighted by Crippen LogP contribution is -2.37. The number of rotatable bonds is 7. The predicted octanol–water partition coefficient (Wildman–Crippen LogP) is 7.83. The maximum atomic E-state index is 13.8. The number of hydrogen-bond donors (Lipinski definition) is 0. The van der Waals surface area contributed by atoms with Gasteiger partial charge >= 0.3 is 0 Å². The smallest absolute Gasteiger partial charge is 0.230 e. The summed E-state index contributed by atoms with van der Waals surface area (Å²) in [5.41, 5.74) is 4.88. The fourth-order valence-electron chi connectivity index (χ4n) is 6.73. The Balaban J connectivity index is 0.000000181. The molecule has 2 saturated heterocycles. The third-order valence-electron chi connectivity index (χ3n) is 9.41. The van der Waals surface area contributed by atoms with Crippen LogP contribution in [-0.4, -0.2) is 90.6 Å². The zero-order valence-electron chi connectivity index (χ0n) is 32.7. The van der Waals surface area contributed by atoms with Gasteiger partial charge in [-0.15, -0.1) is 0 Å². The van der Waals surface area contributed by atoms with Crippen LogP contribution in [0.2, 0.25) is 5.15 Å². The molecule has 0 unspecified atom stereocenters. The Labute approximate surface area is 334 Å². The van der Waals surface area contributed by atoms with E-state index in [1.54, 1.807) is 18.5 Å². The van der Waals surface area contributed by atoms with Crippen molar-refractivity contribution in [2.24, 2.45) is 0 Å². The second-order valence-electron chi connectivity index (χ2n) is 12.7. The molecule has 0 amide bonds. The third-order valence-corrected chi connectivity index (χ3v) is 9.73. The molecule has 7 heterocycles. The second kappa shape index (κ2) is 20.2. The number of fused-ring (bicyclic) bond motifs is 2. The lowest BCUT2D eigenvalue weighted by atomic mass is 10.2.